The number of likely N-dealkylation sites (tertiary alicyclic amines) is 1. The number of amides is 1. The van der Waals surface area contributed by atoms with Crippen molar-refractivity contribution in [2.45, 2.75) is 50.5 Å². The molecule has 1 atom stereocenters. The van der Waals surface area contributed by atoms with Crippen LogP contribution >= 0.6 is 0 Å². The van der Waals surface area contributed by atoms with Gasteiger partial charge in [0.25, 0.3) is 0 Å². The van der Waals surface area contributed by atoms with Gasteiger partial charge in [0.1, 0.15) is 0 Å². The van der Waals surface area contributed by atoms with Crippen LogP contribution in [0.5, 0.6) is 0 Å². The van der Waals surface area contributed by atoms with Gasteiger partial charge in [-0.15, -0.1) is 0 Å². The van der Waals surface area contributed by atoms with Crippen molar-refractivity contribution in [3.05, 3.63) is 81.9 Å². The molecule has 170 valence electrons. The molecular formula is C29H32N2O2. The zero-order valence-corrected chi connectivity index (χ0v) is 19.2. The summed E-state index contributed by atoms with van der Waals surface area (Å²) in [5.41, 5.74) is 13.1. The first kappa shape index (κ1) is 20.9. The Kier molecular flexibility index (Phi) is 5.43. The fourth-order valence-corrected chi connectivity index (χ4v) is 6.32. The summed E-state index contributed by atoms with van der Waals surface area (Å²) in [7, 11) is 0. The van der Waals surface area contributed by atoms with E-state index in [1.54, 1.807) is 10.9 Å². The molecule has 1 unspecified atom stereocenters. The number of nitrogens with two attached hydrogens (primary N) is 1. The van der Waals surface area contributed by atoms with Crippen LogP contribution in [0.2, 0.25) is 0 Å². The number of ether oxygens (including phenoxy) is 1. The summed E-state index contributed by atoms with van der Waals surface area (Å²) < 4.78 is 6.12. The number of fused-ring (bicyclic) bond motifs is 1. The number of primary amides is 1. The molecule has 0 aromatic heterocycles. The van der Waals surface area contributed by atoms with Gasteiger partial charge in [-0.2, -0.15) is 0 Å². The van der Waals surface area contributed by atoms with Crippen molar-refractivity contribution in [1.29, 1.82) is 0 Å². The average molecular weight is 441 g/mol. The molecule has 1 saturated heterocycles. The van der Waals surface area contributed by atoms with Crippen LogP contribution in [0, 0.1) is 0 Å². The van der Waals surface area contributed by atoms with Crippen molar-refractivity contribution in [3.63, 3.8) is 0 Å². The third-order valence-electron chi connectivity index (χ3n) is 8.11. The highest BCUT2D eigenvalue weighted by Gasteiger charge is 2.26. The SMILES string of the molecule is NC(=O)c1ccc2c(c1)CCOC2CCN1CCC(c2ccc3c4c(cccc24)CC3)CC1. The standard InChI is InChI=1S/C29H32N2O2/c30-29(32)23-7-9-25-22(18-23)13-17-33-27(25)12-16-31-14-10-19(11-15-31)24-8-6-21-5-4-20-2-1-3-26(24)28(20)21/h1-3,6-9,18-19,27H,4-5,10-17H2,(H2,30,32). The van der Waals surface area contributed by atoms with Crippen molar-refractivity contribution in [2.24, 2.45) is 5.73 Å². The first-order valence-corrected chi connectivity index (χ1v) is 12.5. The first-order valence-electron chi connectivity index (χ1n) is 12.5. The Morgan fingerprint density at radius 3 is 2.55 bits per heavy atom. The molecule has 3 aromatic rings. The Labute approximate surface area is 195 Å². The van der Waals surface area contributed by atoms with Gasteiger partial charge >= 0.3 is 0 Å². The van der Waals surface area contributed by atoms with E-state index in [4.69, 9.17) is 10.5 Å². The maximum absolute atomic E-state index is 11.5. The number of nitrogens with zero attached hydrogens (tertiary/aromatic N) is 1. The number of hydrogen-bond acceptors (Lipinski definition) is 3. The smallest absolute Gasteiger partial charge is 0.248 e. The number of hydrogen-bond donors (Lipinski definition) is 1. The van der Waals surface area contributed by atoms with Crippen LogP contribution in [0.3, 0.4) is 0 Å². The molecular weight excluding hydrogens is 408 g/mol. The molecule has 3 aromatic carbocycles. The van der Waals surface area contributed by atoms with Gasteiger partial charge in [0.15, 0.2) is 0 Å². The van der Waals surface area contributed by atoms with E-state index in [0.717, 1.165) is 32.5 Å². The van der Waals surface area contributed by atoms with E-state index in [0.29, 0.717) is 18.1 Å². The molecule has 3 aliphatic rings. The third kappa shape index (κ3) is 3.85. The minimum atomic E-state index is -0.357. The van der Waals surface area contributed by atoms with Crippen LogP contribution in [-0.2, 0) is 24.0 Å². The van der Waals surface area contributed by atoms with Gasteiger partial charge in [-0.3, -0.25) is 4.79 Å². The Morgan fingerprint density at radius 2 is 1.73 bits per heavy atom. The fourth-order valence-electron chi connectivity index (χ4n) is 6.32. The van der Waals surface area contributed by atoms with Crippen molar-refractivity contribution in [3.8, 4) is 0 Å². The summed E-state index contributed by atoms with van der Waals surface area (Å²) in [5.74, 6) is 0.300. The highest BCUT2D eigenvalue weighted by Crippen LogP contribution is 2.39. The molecule has 1 amide bonds. The van der Waals surface area contributed by atoms with Crippen LogP contribution in [-0.4, -0.2) is 37.0 Å². The van der Waals surface area contributed by atoms with Crippen LogP contribution in [0.4, 0.5) is 0 Å². The molecule has 33 heavy (non-hydrogen) atoms. The summed E-state index contributed by atoms with van der Waals surface area (Å²) in [4.78, 5) is 14.1. The summed E-state index contributed by atoms with van der Waals surface area (Å²) in [5, 5.41) is 3.05. The first-order chi connectivity index (χ1) is 16.2. The Balaban J connectivity index is 1.10. The Morgan fingerprint density at radius 1 is 0.939 bits per heavy atom. The second kappa shape index (κ2) is 8.58. The molecule has 4 heteroatoms. The maximum atomic E-state index is 11.5. The molecule has 4 nitrogen and oxygen atoms in total. The highest BCUT2D eigenvalue weighted by atomic mass is 16.5. The molecule has 0 spiro atoms. The van der Waals surface area contributed by atoms with Crippen LogP contribution in [0.1, 0.15) is 69.5 Å². The minimum absolute atomic E-state index is 0.116. The van der Waals surface area contributed by atoms with E-state index < -0.39 is 0 Å². The molecule has 1 aliphatic carbocycles. The van der Waals surface area contributed by atoms with E-state index in [9.17, 15) is 4.79 Å². The second-order valence-electron chi connectivity index (χ2n) is 9.95. The Hall–Kier alpha value is -2.69. The number of carbonyl (C=O) groups excluding carboxylic acids is 1. The predicted octanol–water partition coefficient (Wildman–Crippen LogP) is 4.92. The Bertz CT molecular complexity index is 1200. The van der Waals surface area contributed by atoms with E-state index in [-0.39, 0.29) is 12.0 Å². The van der Waals surface area contributed by atoms with E-state index in [1.165, 1.54) is 53.3 Å². The van der Waals surface area contributed by atoms with Crippen molar-refractivity contribution < 1.29 is 9.53 Å². The van der Waals surface area contributed by atoms with Crippen LogP contribution < -0.4 is 5.73 Å². The summed E-state index contributed by atoms with van der Waals surface area (Å²) in [6.45, 7) is 4.06. The van der Waals surface area contributed by atoms with Gasteiger partial charge in [0.2, 0.25) is 5.91 Å². The summed E-state index contributed by atoms with van der Waals surface area (Å²) in [6, 6.07) is 17.6. The average Bonchev–Trinajstić information content (AvgIpc) is 3.28. The van der Waals surface area contributed by atoms with Gasteiger partial charge in [-0.05, 0) is 108 Å². The normalized spacial score (nSPS) is 20.8. The van der Waals surface area contributed by atoms with Gasteiger partial charge < -0.3 is 15.4 Å². The lowest BCUT2D eigenvalue weighted by Gasteiger charge is -2.34. The molecule has 6 rings (SSSR count). The molecule has 2 aliphatic heterocycles. The second-order valence-corrected chi connectivity index (χ2v) is 9.95. The third-order valence-corrected chi connectivity index (χ3v) is 8.11. The molecule has 2 heterocycles. The van der Waals surface area contributed by atoms with Crippen LogP contribution in [0.15, 0.2) is 48.5 Å². The number of aryl methyl sites for hydroxylation is 2. The van der Waals surface area contributed by atoms with Crippen molar-refractivity contribution in [1.82, 2.24) is 4.90 Å². The molecule has 0 bridgehead atoms. The molecule has 0 radical (unpaired) electrons. The van der Waals surface area contributed by atoms with E-state index in [1.807, 2.05) is 18.2 Å². The summed E-state index contributed by atoms with van der Waals surface area (Å²) >= 11 is 0. The molecule has 1 fully saturated rings. The van der Waals surface area contributed by atoms with Crippen LogP contribution in [0.25, 0.3) is 10.8 Å². The number of rotatable bonds is 5. The van der Waals surface area contributed by atoms with E-state index >= 15 is 0 Å². The van der Waals surface area contributed by atoms with Crippen molar-refractivity contribution >= 4 is 16.7 Å². The van der Waals surface area contributed by atoms with Crippen molar-refractivity contribution in [2.75, 3.05) is 26.2 Å². The van der Waals surface area contributed by atoms with Gasteiger partial charge in [-0.25, -0.2) is 0 Å². The van der Waals surface area contributed by atoms with Gasteiger partial charge in [0, 0.05) is 12.1 Å². The molecule has 2 N–H and O–H groups in total. The number of piperidine rings is 1. The van der Waals surface area contributed by atoms with Gasteiger partial charge in [0.05, 0.1) is 12.7 Å². The monoisotopic (exact) mass is 440 g/mol. The topological polar surface area (TPSA) is 55.6 Å². The number of carbonyl (C=O) groups is 1. The largest absolute Gasteiger partial charge is 0.373 e. The zero-order valence-electron chi connectivity index (χ0n) is 19.2. The fraction of sp³-hybridized carbons (Fsp3) is 0.414. The van der Waals surface area contributed by atoms with E-state index in [2.05, 4.69) is 35.2 Å². The maximum Gasteiger partial charge on any atom is 0.248 e. The quantitative estimate of drug-likeness (QED) is 0.613. The zero-order chi connectivity index (χ0) is 22.4. The van der Waals surface area contributed by atoms with Gasteiger partial charge in [-0.1, -0.05) is 36.4 Å². The summed E-state index contributed by atoms with van der Waals surface area (Å²) in [6.07, 6.45) is 6.81. The lowest BCUT2D eigenvalue weighted by molar-refractivity contribution is 0.0275. The predicted molar refractivity (Wildman–Crippen MR) is 132 cm³/mol. The molecule has 0 saturated carbocycles. The lowest BCUT2D eigenvalue weighted by Crippen LogP contribution is -2.35. The highest BCUT2D eigenvalue weighted by molar-refractivity contribution is 5.94. The minimum Gasteiger partial charge on any atom is -0.373 e. The number of benzene rings is 3. The lowest BCUT2D eigenvalue weighted by atomic mass is 9.85.